The first-order valence-electron chi connectivity index (χ1n) is 2.13. The molecular weight excluding hydrogens is 221 g/mol. The van der Waals surface area contributed by atoms with Crippen LogP contribution in [0.2, 0.25) is 0 Å². The summed E-state index contributed by atoms with van der Waals surface area (Å²) >= 11 is 0. The maximum Gasteiger partial charge on any atom is 1.00 e. The smallest absolute Gasteiger partial charge is 1.00 e. The predicted octanol–water partition coefficient (Wildman–Crippen LogP) is -1.49. The van der Waals surface area contributed by atoms with Crippen LogP contribution in [0.1, 0.15) is 1.43 Å². The summed E-state index contributed by atoms with van der Waals surface area (Å²) in [5.74, 6) is 0.322. The molecule has 0 aromatic heterocycles. The molecule has 1 aromatic carbocycles. The number of phenolic OH excluding ortho intramolecular Hbond substituents is 1. The van der Waals surface area contributed by atoms with E-state index in [1.165, 1.54) is 0 Å². The van der Waals surface area contributed by atoms with Crippen molar-refractivity contribution in [2.24, 2.45) is 0 Å². The molecule has 0 atom stereocenters. The molecule has 0 radical (unpaired) electrons. The molecule has 0 spiro atoms. The summed E-state index contributed by atoms with van der Waals surface area (Å²) in [6.45, 7) is 0. The summed E-state index contributed by atoms with van der Waals surface area (Å²) in [5, 5.41) is 8.63. The zero-order valence-corrected chi connectivity index (χ0v) is 11.1. The number of phenols is 1. The molecule has 8 heavy (non-hydrogen) atoms. The van der Waals surface area contributed by atoms with Crippen molar-refractivity contribution in [2.45, 2.75) is 0 Å². The molecule has 0 amide bonds. The molecule has 1 nitrogen and oxygen atoms in total. The van der Waals surface area contributed by atoms with Gasteiger partial charge in [-0.05, 0) is 12.1 Å². The number of rotatable bonds is 0. The maximum atomic E-state index is 8.63. The van der Waals surface area contributed by atoms with Gasteiger partial charge in [0.1, 0.15) is 5.75 Å². The van der Waals surface area contributed by atoms with E-state index in [0.717, 1.165) is 0 Å². The standard InChI is InChI=1S/C6H6O.Cs.H/c7-6-4-2-1-3-5-6;;/h1-5,7H;;/q;+1;-1. The van der Waals surface area contributed by atoms with Crippen molar-refractivity contribution < 1.29 is 75.4 Å². The second-order valence-electron chi connectivity index (χ2n) is 1.34. The van der Waals surface area contributed by atoms with Gasteiger partial charge in [-0.15, -0.1) is 0 Å². The van der Waals surface area contributed by atoms with Crippen LogP contribution in [-0.2, 0) is 0 Å². The van der Waals surface area contributed by atoms with Crippen molar-refractivity contribution in [1.29, 1.82) is 0 Å². The molecule has 0 bridgehead atoms. The van der Waals surface area contributed by atoms with E-state index in [4.69, 9.17) is 5.11 Å². The Bertz CT molecular complexity index is 143. The third-order valence-corrected chi connectivity index (χ3v) is 0.756. The average Bonchev–Trinajstić information content (AvgIpc) is 1.69. The van der Waals surface area contributed by atoms with Crippen LogP contribution in [0.25, 0.3) is 0 Å². The molecule has 0 saturated heterocycles. The van der Waals surface area contributed by atoms with Gasteiger partial charge in [0.05, 0.1) is 0 Å². The molecule has 1 N–H and O–H groups in total. The third-order valence-electron chi connectivity index (χ3n) is 0.756. The Kier molecular flexibility index (Phi) is 5.56. The van der Waals surface area contributed by atoms with E-state index in [-0.39, 0.29) is 70.3 Å². The Morgan fingerprint density at radius 3 is 1.88 bits per heavy atom. The Morgan fingerprint density at radius 1 is 1.12 bits per heavy atom. The van der Waals surface area contributed by atoms with Gasteiger partial charge in [0.15, 0.2) is 0 Å². The Morgan fingerprint density at radius 2 is 1.62 bits per heavy atom. The SMILES string of the molecule is Oc1ccccc1.[Cs+].[H-]. The molecule has 0 aliphatic heterocycles. The van der Waals surface area contributed by atoms with Gasteiger partial charge >= 0.3 is 68.9 Å². The van der Waals surface area contributed by atoms with Crippen molar-refractivity contribution >= 4 is 0 Å². The molecular formula is C6H7CsO. The van der Waals surface area contributed by atoms with E-state index in [9.17, 15) is 0 Å². The van der Waals surface area contributed by atoms with Crippen molar-refractivity contribution in [3.8, 4) is 5.75 Å². The zero-order chi connectivity index (χ0) is 5.11. The van der Waals surface area contributed by atoms with Crippen LogP contribution in [-0.4, -0.2) is 5.11 Å². The maximum absolute atomic E-state index is 8.63. The van der Waals surface area contributed by atoms with Crippen molar-refractivity contribution in [1.82, 2.24) is 0 Å². The molecule has 0 saturated carbocycles. The van der Waals surface area contributed by atoms with Crippen LogP contribution >= 0.6 is 0 Å². The molecule has 1 aromatic rings. The van der Waals surface area contributed by atoms with Crippen LogP contribution in [0.5, 0.6) is 5.75 Å². The van der Waals surface area contributed by atoms with Crippen LogP contribution < -0.4 is 68.9 Å². The fourth-order valence-corrected chi connectivity index (χ4v) is 0.428. The number of para-hydroxylation sites is 1. The summed E-state index contributed by atoms with van der Waals surface area (Å²) in [5.41, 5.74) is 0. The summed E-state index contributed by atoms with van der Waals surface area (Å²) in [7, 11) is 0. The Hall–Kier alpha value is 1.07. The van der Waals surface area contributed by atoms with Gasteiger partial charge in [0.2, 0.25) is 0 Å². The van der Waals surface area contributed by atoms with Gasteiger partial charge in [-0.25, -0.2) is 0 Å². The van der Waals surface area contributed by atoms with Gasteiger partial charge in [0.25, 0.3) is 0 Å². The van der Waals surface area contributed by atoms with Crippen molar-refractivity contribution in [3.63, 3.8) is 0 Å². The summed E-state index contributed by atoms with van der Waals surface area (Å²) < 4.78 is 0. The largest absolute Gasteiger partial charge is 1.00 e. The molecule has 0 aliphatic carbocycles. The predicted molar refractivity (Wildman–Crippen MR) is 29.2 cm³/mol. The van der Waals surface area contributed by atoms with Gasteiger partial charge in [0, 0.05) is 0 Å². The molecule has 1 rings (SSSR count). The minimum atomic E-state index is 0. The second kappa shape index (κ2) is 4.91. The van der Waals surface area contributed by atoms with E-state index >= 15 is 0 Å². The van der Waals surface area contributed by atoms with Crippen molar-refractivity contribution in [3.05, 3.63) is 30.3 Å². The summed E-state index contributed by atoms with van der Waals surface area (Å²) in [4.78, 5) is 0. The van der Waals surface area contributed by atoms with Crippen molar-refractivity contribution in [2.75, 3.05) is 0 Å². The Labute approximate surface area is 109 Å². The Balaban J connectivity index is 0. The number of aromatic hydroxyl groups is 1. The monoisotopic (exact) mass is 228 g/mol. The number of hydrogen-bond donors (Lipinski definition) is 1. The first kappa shape index (κ1) is 9.07. The molecule has 38 valence electrons. The van der Waals surface area contributed by atoms with E-state index in [2.05, 4.69) is 0 Å². The van der Waals surface area contributed by atoms with Gasteiger partial charge < -0.3 is 6.53 Å². The van der Waals surface area contributed by atoms with Crippen LogP contribution in [0.15, 0.2) is 30.3 Å². The van der Waals surface area contributed by atoms with E-state index < -0.39 is 0 Å². The van der Waals surface area contributed by atoms with Gasteiger partial charge in [-0.3, -0.25) is 0 Å². The van der Waals surface area contributed by atoms with Crippen LogP contribution in [0.4, 0.5) is 0 Å². The minimum Gasteiger partial charge on any atom is -1.00 e. The average molecular weight is 228 g/mol. The molecule has 0 aliphatic rings. The zero-order valence-electron chi connectivity index (χ0n) is 5.83. The topological polar surface area (TPSA) is 20.2 Å². The quantitative estimate of drug-likeness (QED) is 0.573. The second-order valence-corrected chi connectivity index (χ2v) is 1.34. The summed E-state index contributed by atoms with van der Waals surface area (Å²) in [6.07, 6.45) is 0. The molecule has 2 heteroatoms. The van der Waals surface area contributed by atoms with E-state index in [0.29, 0.717) is 5.75 Å². The first-order chi connectivity index (χ1) is 3.39. The van der Waals surface area contributed by atoms with Crippen LogP contribution in [0.3, 0.4) is 0 Å². The van der Waals surface area contributed by atoms with Crippen LogP contribution in [0, 0.1) is 0 Å². The number of hydrogen-bond acceptors (Lipinski definition) is 1. The fourth-order valence-electron chi connectivity index (χ4n) is 0.428. The first-order valence-corrected chi connectivity index (χ1v) is 2.13. The molecule has 0 fully saturated rings. The molecule has 0 heterocycles. The number of benzene rings is 1. The fraction of sp³-hybridized carbons (Fsp3) is 0. The van der Waals surface area contributed by atoms with Gasteiger partial charge in [-0.1, -0.05) is 18.2 Å². The molecule has 0 unspecified atom stereocenters. The van der Waals surface area contributed by atoms with E-state index in [1.807, 2.05) is 6.07 Å². The van der Waals surface area contributed by atoms with Gasteiger partial charge in [-0.2, -0.15) is 0 Å². The van der Waals surface area contributed by atoms with E-state index in [1.54, 1.807) is 24.3 Å². The minimum absolute atomic E-state index is 0. The third kappa shape index (κ3) is 3.17. The normalized spacial score (nSPS) is 7.50. The summed E-state index contributed by atoms with van der Waals surface area (Å²) in [6, 6.07) is 8.71.